The van der Waals surface area contributed by atoms with Crippen LogP contribution in [0.3, 0.4) is 0 Å². The molecule has 1 aromatic heterocycles. The molecule has 2 N–H and O–H groups in total. The minimum atomic E-state index is -0.104. The van der Waals surface area contributed by atoms with Crippen molar-refractivity contribution >= 4 is 40.4 Å². The van der Waals surface area contributed by atoms with Gasteiger partial charge in [-0.3, -0.25) is 9.59 Å². The van der Waals surface area contributed by atoms with Crippen LogP contribution in [-0.2, 0) is 22.6 Å². The summed E-state index contributed by atoms with van der Waals surface area (Å²) in [5.41, 5.74) is 3.46. The van der Waals surface area contributed by atoms with Gasteiger partial charge in [-0.05, 0) is 29.8 Å². The van der Waals surface area contributed by atoms with E-state index in [0.717, 1.165) is 27.5 Å². The van der Waals surface area contributed by atoms with E-state index in [0.29, 0.717) is 18.0 Å². The Kier molecular flexibility index (Phi) is 6.21. The Hall–Kier alpha value is -2.70. The smallest absolute Gasteiger partial charge is 0.224 e. The molecular formula is C20H18ClN3O2S. The summed E-state index contributed by atoms with van der Waals surface area (Å²) in [6.07, 6.45) is 0.306. The number of halogens is 1. The van der Waals surface area contributed by atoms with Crippen molar-refractivity contribution in [3.8, 4) is 11.3 Å². The third-order valence-electron chi connectivity index (χ3n) is 3.77. The number of carbonyl (C=O) groups excluding carboxylic acids is 2. The molecule has 0 saturated heterocycles. The van der Waals surface area contributed by atoms with Crippen molar-refractivity contribution in [2.75, 3.05) is 5.32 Å². The summed E-state index contributed by atoms with van der Waals surface area (Å²) >= 11 is 7.34. The second kappa shape index (κ2) is 8.79. The summed E-state index contributed by atoms with van der Waals surface area (Å²) in [6.45, 7) is 1.86. The number of rotatable bonds is 6. The van der Waals surface area contributed by atoms with Crippen LogP contribution in [0.25, 0.3) is 11.3 Å². The van der Waals surface area contributed by atoms with Crippen molar-refractivity contribution in [2.24, 2.45) is 0 Å². The van der Waals surface area contributed by atoms with Gasteiger partial charge in [0.05, 0.1) is 18.7 Å². The second-order valence-electron chi connectivity index (χ2n) is 5.96. The summed E-state index contributed by atoms with van der Waals surface area (Å²) in [7, 11) is 0. The molecule has 0 spiro atoms. The van der Waals surface area contributed by atoms with Gasteiger partial charge in [0.2, 0.25) is 11.8 Å². The Morgan fingerprint density at radius 3 is 2.44 bits per heavy atom. The van der Waals surface area contributed by atoms with Crippen molar-refractivity contribution < 1.29 is 9.59 Å². The molecule has 0 saturated carbocycles. The van der Waals surface area contributed by atoms with E-state index >= 15 is 0 Å². The normalized spacial score (nSPS) is 10.4. The molecule has 3 aromatic rings. The quantitative estimate of drug-likeness (QED) is 0.649. The summed E-state index contributed by atoms with van der Waals surface area (Å²) < 4.78 is 0. The van der Waals surface area contributed by atoms with Crippen LogP contribution in [-0.4, -0.2) is 16.8 Å². The number of benzene rings is 2. The summed E-state index contributed by atoms with van der Waals surface area (Å²) in [4.78, 5) is 27.7. The van der Waals surface area contributed by atoms with Crippen LogP contribution < -0.4 is 10.6 Å². The van der Waals surface area contributed by atoms with Crippen molar-refractivity contribution in [1.82, 2.24) is 10.3 Å². The molecule has 0 unspecified atom stereocenters. The lowest BCUT2D eigenvalue weighted by atomic mass is 10.1. The van der Waals surface area contributed by atoms with E-state index in [2.05, 4.69) is 15.6 Å². The molecule has 0 atom stereocenters. The molecule has 27 heavy (non-hydrogen) atoms. The first-order valence-corrected chi connectivity index (χ1v) is 9.59. The minimum absolute atomic E-state index is 0.0614. The lowest BCUT2D eigenvalue weighted by molar-refractivity contribution is -0.120. The number of amides is 2. The fourth-order valence-electron chi connectivity index (χ4n) is 2.48. The minimum Gasteiger partial charge on any atom is -0.349 e. The van der Waals surface area contributed by atoms with E-state index in [9.17, 15) is 9.59 Å². The zero-order valence-corrected chi connectivity index (χ0v) is 16.2. The van der Waals surface area contributed by atoms with Crippen LogP contribution in [0.15, 0.2) is 53.9 Å². The number of thiazole rings is 1. The molecule has 0 aliphatic rings. The van der Waals surface area contributed by atoms with Gasteiger partial charge in [0.25, 0.3) is 0 Å². The number of carbonyl (C=O) groups is 2. The van der Waals surface area contributed by atoms with Gasteiger partial charge in [-0.2, -0.15) is 0 Å². The molecule has 0 fully saturated rings. The first kappa shape index (κ1) is 19.1. The van der Waals surface area contributed by atoms with E-state index in [-0.39, 0.29) is 11.8 Å². The first-order valence-electron chi connectivity index (χ1n) is 8.33. The van der Waals surface area contributed by atoms with Crippen molar-refractivity contribution in [2.45, 2.75) is 19.9 Å². The van der Waals surface area contributed by atoms with Gasteiger partial charge < -0.3 is 10.6 Å². The standard InChI is InChI=1S/C20H18ClN3O2S/c1-13(25)23-17-8-4-15(5-9-17)18-12-27-20(24-18)11-22-19(26)10-14-2-6-16(21)7-3-14/h2-9,12H,10-11H2,1H3,(H,22,26)(H,23,25). The van der Waals surface area contributed by atoms with E-state index in [1.807, 2.05) is 41.8 Å². The highest BCUT2D eigenvalue weighted by atomic mass is 35.5. The Labute approximate surface area is 166 Å². The third-order valence-corrected chi connectivity index (χ3v) is 4.87. The van der Waals surface area contributed by atoms with Crippen LogP contribution in [0.4, 0.5) is 5.69 Å². The number of hydrogen-bond acceptors (Lipinski definition) is 4. The van der Waals surface area contributed by atoms with E-state index < -0.39 is 0 Å². The zero-order valence-electron chi connectivity index (χ0n) is 14.7. The lowest BCUT2D eigenvalue weighted by Crippen LogP contribution is -2.24. The molecule has 0 aliphatic heterocycles. The molecule has 7 heteroatoms. The summed E-state index contributed by atoms with van der Waals surface area (Å²) in [6, 6.07) is 14.7. The topological polar surface area (TPSA) is 71.1 Å². The SMILES string of the molecule is CC(=O)Nc1ccc(-c2csc(CNC(=O)Cc3ccc(Cl)cc3)n2)cc1. The average Bonchev–Trinajstić information content (AvgIpc) is 3.11. The maximum Gasteiger partial charge on any atom is 0.224 e. The van der Waals surface area contributed by atoms with Gasteiger partial charge in [0, 0.05) is 28.6 Å². The fourth-order valence-corrected chi connectivity index (χ4v) is 3.35. The molecule has 3 rings (SSSR count). The number of nitrogens with one attached hydrogen (secondary N) is 2. The maximum absolute atomic E-state index is 12.1. The highest BCUT2D eigenvalue weighted by Crippen LogP contribution is 2.23. The molecular weight excluding hydrogens is 382 g/mol. The molecule has 1 heterocycles. The van der Waals surface area contributed by atoms with Crippen LogP contribution in [0.2, 0.25) is 5.02 Å². The fraction of sp³-hybridized carbons (Fsp3) is 0.150. The Balaban J connectivity index is 1.55. The number of hydrogen-bond donors (Lipinski definition) is 2. The molecule has 2 amide bonds. The highest BCUT2D eigenvalue weighted by molar-refractivity contribution is 7.09. The van der Waals surface area contributed by atoms with Gasteiger partial charge in [-0.25, -0.2) is 4.98 Å². The van der Waals surface area contributed by atoms with Gasteiger partial charge >= 0.3 is 0 Å². The lowest BCUT2D eigenvalue weighted by Gasteiger charge is -2.04. The predicted molar refractivity (Wildman–Crippen MR) is 109 cm³/mol. The Morgan fingerprint density at radius 2 is 1.78 bits per heavy atom. The van der Waals surface area contributed by atoms with Crippen LogP contribution in [0.1, 0.15) is 17.5 Å². The molecule has 0 radical (unpaired) electrons. The predicted octanol–water partition coefficient (Wildman–Crippen LogP) is 4.28. The monoisotopic (exact) mass is 399 g/mol. The largest absolute Gasteiger partial charge is 0.349 e. The highest BCUT2D eigenvalue weighted by Gasteiger charge is 2.08. The molecule has 5 nitrogen and oxygen atoms in total. The van der Waals surface area contributed by atoms with Crippen LogP contribution in [0.5, 0.6) is 0 Å². The van der Waals surface area contributed by atoms with E-state index in [1.165, 1.54) is 18.3 Å². The average molecular weight is 400 g/mol. The maximum atomic E-state index is 12.1. The molecule has 0 bridgehead atoms. The number of anilines is 1. The molecule has 0 aliphatic carbocycles. The Morgan fingerprint density at radius 1 is 1.07 bits per heavy atom. The van der Waals surface area contributed by atoms with Crippen molar-refractivity contribution in [1.29, 1.82) is 0 Å². The number of aromatic nitrogens is 1. The van der Waals surface area contributed by atoms with Gasteiger partial charge in [0.1, 0.15) is 5.01 Å². The van der Waals surface area contributed by atoms with E-state index in [4.69, 9.17) is 11.6 Å². The van der Waals surface area contributed by atoms with E-state index in [1.54, 1.807) is 12.1 Å². The van der Waals surface area contributed by atoms with Crippen molar-refractivity contribution in [3.63, 3.8) is 0 Å². The van der Waals surface area contributed by atoms with Crippen LogP contribution >= 0.6 is 22.9 Å². The van der Waals surface area contributed by atoms with Gasteiger partial charge in [-0.1, -0.05) is 35.9 Å². The van der Waals surface area contributed by atoms with Gasteiger partial charge in [0.15, 0.2) is 0 Å². The third kappa shape index (κ3) is 5.64. The number of nitrogens with zero attached hydrogens (tertiary/aromatic N) is 1. The van der Waals surface area contributed by atoms with Gasteiger partial charge in [-0.15, -0.1) is 11.3 Å². The summed E-state index contributed by atoms with van der Waals surface area (Å²) in [5, 5.41) is 9.06. The Bertz CT molecular complexity index is 937. The molecule has 138 valence electrons. The van der Waals surface area contributed by atoms with Crippen LogP contribution in [0, 0.1) is 0 Å². The molecule has 2 aromatic carbocycles. The first-order chi connectivity index (χ1) is 13.0. The summed E-state index contributed by atoms with van der Waals surface area (Å²) in [5.74, 6) is -0.165. The van der Waals surface area contributed by atoms with Crippen molar-refractivity contribution in [3.05, 3.63) is 69.5 Å². The second-order valence-corrected chi connectivity index (χ2v) is 7.34. The zero-order chi connectivity index (χ0) is 19.2.